The second-order valence-corrected chi connectivity index (χ2v) is 3.82. The summed E-state index contributed by atoms with van der Waals surface area (Å²) in [4.78, 5) is 0. The monoisotopic (exact) mass is 250 g/mol. The minimum atomic E-state index is -1.68. The summed E-state index contributed by atoms with van der Waals surface area (Å²) in [6.45, 7) is 0. The second-order valence-electron chi connectivity index (χ2n) is 2.53. The molecule has 0 fully saturated rings. The van der Waals surface area contributed by atoms with Crippen LogP contribution < -0.4 is 4.74 Å². The predicted octanol–water partition coefficient (Wildman–Crippen LogP) is 1.60. The smallest absolute Gasteiger partial charge is 0.130 e. The van der Waals surface area contributed by atoms with Gasteiger partial charge in [-0.25, -0.2) is 0 Å². The fraction of sp³-hybridized carbons (Fsp3) is 0.143. The quantitative estimate of drug-likeness (QED) is 0.725. The van der Waals surface area contributed by atoms with Crippen LogP contribution in [0.3, 0.4) is 0 Å². The molecule has 60 valence electrons. The highest BCUT2D eigenvalue weighted by atomic mass is 79.9. The lowest BCUT2D eigenvalue weighted by Gasteiger charge is -2.23. The minimum absolute atomic E-state index is 0.442. The first-order valence-electron chi connectivity index (χ1n) is 3.39. The summed E-state index contributed by atoms with van der Waals surface area (Å²) < 4.78 is 5.66. The van der Waals surface area contributed by atoms with E-state index < -0.39 is 5.30 Å². The molecule has 0 aliphatic carbocycles. The third kappa shape index (κ3) is 3.69. The number of halogens is 2. The van der Waals surface area contributed by atoms with Crippen LogP contribution in [0.4, 0.5) is 0 Å². The van der Waals surface area contributed by atoms with Crippen molar-refractivity contribution in [3.8, 4) is 5.75 Å². The van der Waals surface area contributed by atoms with Gasteiger partial charge in [0.05, 0.1) is 4.47 Å². The van der Waals surface area contributed by atoms with E-state index in [1.54, 1.807) is 18.2 Å². The Morgan fingerprint density at radius 3 is 2.38 bits per heavy atom. The molecule has 0 aliphatic heterocycles. The van der Waals surface area contributed by atoms with Gasteiger partial charge in [0.1, 0.15) is 29.3 Å². The van der Waals surface area contributed by atoms with E-state index in [4.69, 9.17) is 39.9 Å². The molecule has 6 radical (unpaired) electrons. The standard InChI is InChI=1S/C7H3B3BrClO/c8-7(9,10)13-6-2-1-4(12)3-5(6)11/h1-3H. The van der Waals surface area contributed by atoms with Gasteiger partial charge in [0, 0.05) is 5.02 Å². The Kier molecular flexibility index (Phi) is 3.41. The summed E-state index contributed by atoms with van der Waals surface area (Å²) >= 11 is 8.93. The zero-order valence-corrected chi connectivity index (χ0v) is 8.97. The number of hydrogen-bond donors (Lipinski definition) is 0. The van der Waals surface area contributed by atoms with Crippen LogP contribution in [0.25, 0.3) is 0 Å². The highest BCUT2D eigenvalue weighted by Gasteiger charge is 2.12. The lowest BCUT2D eigenvalue weighted by atomic mass is 9.52. The summed E-state index contributed by atoms with van der Waals surface area (Å²) in [6, 6.07) is 4.92. The molecule has 0 heterocycles. The van der Waals surface area contributed by atoms with E-state index in [1.165, 1.54) is 0 Å². The average Bonchev–Trinajstić information content (AvgIpc) is 1.93. The van der Waals surface area contributed by atoms with Crippen molar-refractivity contribution in [1.82, 2.24) is 0 Å². The Morgan fingerprint density at radius 2 is 1.92 bits per heavy atom. The minimum Gasteiger partial charge on any atom is -0.515 e. The maximum Gasteiger partial charge on any atom is 0.130 e. The Balaban J connectivity index is 2.90. The van der Waals surface area contributed by atoms with Crippen molar-refractivity contribution >= 4 is 51.1 Å². The van der Waals surface area contributed by atoms with Gasteiger partial charge >= 0.3 is 0 Å². The maximum absolute atomic E-state index is 5.71. The van der Waals surface area contributed by atoms with Crippen molar-refractivity contribution in [2.24, 2.45) is 0 Å². The molecule has 1 nitrogen and oxygen atoms in total. The summed E-state index contributed by atoms with van der Waals surface area (Å²) in [6.07, 6.45) is 0. The average molecular weight is 251 g/mol. The molecular formula is C7H3B3BrClO. The molecule has 0 amide bonds. The van der Waals surface area contributed by atoms with E-state index in [-0.39, 0.29) is 0 Å². The van der Waals surface area contributed by atoms with Crippen molar-refractivity contribution in [2.75, 3.05) is 0 Å². The van der Waals surface area contributed by atoms with Gasteiger partial charge in [-0.05, 0) is 39.4 Å². The van der Waals surface area contributed by atoms with Crippen LogP contribution in [0.2, 0.25) is 5.02 Å². The summed E-state index contributed by atoms with van der Waals surface area (Å²) in [5.41, 5.74) is 0. The van der Waals surface area contributed by atoms with E-state index in [2.05, 4.69) is 15.9 Å². The van der Waals surface area contributed by atoms with Crippen LogP contribution in [0.5, 0.6) is 5.75 Å². The first-order valence-corrected chi connectivity index (χ1v) is 4.56. The number of benzene rings is 1. The topological polar surface area (TPSA) is 9.23 Å². The third-order valence-electron chi connectivity index (χ3n) is 1.18. The number of hydrogen-bond acceptors (Lipinski definition) is 1. The fourth-order valence-corrected chi connectivity index (χ4v) is 1.51. The molecule has 0 saturated heterocycles. The highest BCUT2D eigenvalue weighted by Crippen LogP contribution is 2.29. The zero-order chi connectivity index (χ0) is 10.1. The number of ether oxygens (including phenoxy) is 1. The summed E-state index contributed by atoms with van der Waals surface area (Å²) in [5, 5.41) is -1.10. The van der Waals surface area contributed by atoms with E-state index in [0.29, 0.717) is 15.2 Å². The molecule has 0 N–H and O–H groups in total. The normalized spacial score (nSPS) is 11.2. The van der Waals surface area contributed by atoms with Gasteiger partial charge < -0.3 is 4.74 Å². The van der Waals surface area contributed by atoms with E-state index >= 15 is 0 Å². The molecule has 0 unspecified atom stereocenters. The van der Waals surface area contributed by atoms with Gasteiger partial charge in [-0.1, -0.05) is 11.6 Å². The maximum atomic E-state index is 5.71. The lowest BCUT2D eigenvalue weighted by Crippen LogP contribution is -2.37. The molecule has 1 rings (SSSR count). The predicted molar refractivity (Wildman–Crippen MR) is 59.8 cm³/mol. The molecule has 0 atom stereocenters. The Morgan fingerprint density at radius 1 is 1.31 bits per heavy atom. The second kappa shape index (κ2) is 4.01. The first kappa shape index (κ1) is 11.1. The molecule has 0 aromatic heterocycles. The molecular weight excluding hydrogens is 248 g/mol. The Hall–Kier alpha value is -0.0152. The van der Waals surface area contributed by atoms with Gasteiger partial charge in [-0.2, -0.15) is 0 Å². The zero-order valence-electron chi connectivity index (χ0n) is 6.63. The first-order chi connectivity index (χ1) is 5.88. The van der Waals surface area contributed by atoms with Crippen LogP contribution >= 0.6 is 27.5 Å². The van der Waals surface area contributed by atoms with Gasteiger partial charge in [-0.3, -0.25) is 0 Å². The van der Waals surface area contributed by atoms with Crippen molar-refractivity contribution < 1.29 is 4.74 Å². The van der Waals surface area contributed by atoms with Crippen LogP contribution in [-0.4, -0.2) is 28.8 Å². The SMILES string of the molecule is [B]C([B])([B])Oc1ccc(Cl)cc1Br. The molecule has 0 spiro atoms. The molecule has 13 heavy (non-hydrogen) atoms. The van der Waals surface area contributed by atoms with E-state index in [9.17, 15) is 0 Å². The lowest BCUT2D eigenvalue weighted by molar-refractivity contribution is 0.316. The molecule has 6 heteroatoms. The summed E-state index contributed by atoms with van der Waals surface area (Å²) in [5.74, 6) is 0.442. The Labute approximate surface area is 94.5 Å². The molecule has 0 saturated carbocycles. The van der Waals surface area contributed by atoms with Crippen molar-refractivity contribution in [3.63, 3.8) is 0 Å². The Bertz CT molecular complexity index is 313. The van der Waals surface area contributed by atoms with E-state index in [1.807, 2.05) is 0 Å². The van der Waals surface area contributed by atoms with Crippen LogP contribution in [-0.2, 0) is 0 Å². The van der Waals surface area contributed by atoms with Gasteiger partial charge in [-0.15, -0.1) is 0 Å². The summed E-state index contributed by atoms with van der Waals surface area (Å²) in [7, 11) is 15.8. The largest absolute Gasteiger partial charge is 0.515 e. The molecule has 1 aromatic rings. The highest BCUT2D eigenvalue weighted by molar-refractivity contribution is 9.10. The van der Waals surface area contributed by atoms with Crippen LogP contribution in [0.15, 0.2) is 22.7 Å². The molecule has 0 bridgehead atoms. The number of rotatable bonds is 2. The molecule has 1 aromatic carbocycles. The van der Waals surface area contributed by atoms with Crippen molar-refractivity contribution in [2.45, 2.75) is 5.30 Å². The van der Waals surface area contributed by atoms with Crippen molar-refractivity contribution in [1.29, 1.82) is 0 Å². The third-order valence-corrected chi connectivity index (χ3v) is 2.04. The van der Waals surface area contributed by atoms with Crippen LogP contribution in [0.1, 0.15) is 0 Å². The van der Waals surface area contributed by atoms with Gasteiger partial charge in [0.25, 0.3) is 0 Å². The fourth-order valence-electron chi connectivity index (χ4n) is 0.748. The molecule has 0 aliphatic rings. The van der Waals surface area contributed by atoms with Crippen LogP contribution in [0, 0.1) is 0 Å². The van der Waals surface area contributed by atoms with Gasteiger partial charge in [0.2, 0.25) is 0 Å². The van der Waals surface area contributed by atoms with Gasteiger partial charge in [0.15, 0.2) is 0 Å². The van der Waals surface area contributed by atoms with E-state index in [0.717, 1.165) is 0 Å². The van der Waals surface area contributed by atoms with Crippen molar-refractivity contribution in [3.05, 3.63) is 27.7 Å².